The molecule has 0 bridgehead atoms. The molecule has 2 aromatic rings. The summed E-state index contributed by atoms with van der Waals surface area (Å²) in [6, 6.07) is 0. The number of aromatic amines is 1. The Morgan fingerprint density at radius 1 is 1.52 bits per heavy atom. The molecule has 0 aliphatic rings. The molecule has 11 nitrogen and oxygen atoms in total. The highest BCUT2D eigenvalue weighted by Gasteiger charge is 2.17. The number of aromatic nitrogens is 4. The summed E-state index contributed by atoms with van der Waals surface area (Å²) in [6.07, 6.45) is -0.489. The van der Waals surface area contributed by atoms with E-state index in [1.807, 2.05) is 0 Å². The van der Waals surface area contributed by atoms with E-state index in [9.17, 15) is 14.5 Å². The lowest BCUT2D eigenvalue weighted by atomic mass is 10.3. The summed E-state index contributed by atoms with van der Waals surface area (Å²) in [5.41, 5.74) is 4.98. The highest BCUT2D eigenvalue weighted by atomic mass is 31.2. The smallest absolute Gasteiger partial charge is 0.325 e. The highest BCUT2D eigenvalue weighted by molar-refractivity contribution is 7.51. The fourth-order valence-corrected chi connectivity index (χ4v) is 2.20. The van der Waals surface area contributed by atoms with Crippen LogP contribution in [0, 0.1) is 0 Å². The van der Waals surface area contributed by atoms with E-state index < -0.39 is 25.4 Å². The standard InChI is InChI=1S/C9H14N5O6P/c10-9-12-7-6(8(16)13-9)11-4-14(7)20-3-5(15)1-2-21(17,18)19/h4-5,15H,1-3H2,(H2,17,18,19)(H3,10,12,13,16). The number of H-pyrrole nitrogens is 1. The summed E-state index contributed by atoms with van der Waals surface area (Å²) in [6.45, 7) is -0.250. The first-order valence-corrected chi connectivity index (χ1v) is 7.65. The number of anilines is 1. The predicted molar refractivity (Wildman–Crippen MR) is 71.5 cm³/mol. The molecule has 0 fully saturated rings. The highest BCUT2D eigenvalue weighted by Crippen LogP contribution is 2.35. The van der Waals surface area contributed by atoms with Crippen LogP contribution in [0.15, 0.2) is 11.1 Å². The summed E-state index contributed by atoms with van der Waals surface area (Å²) < 4.78 is 11.7. The number of aliphatic hydroxyl groups excluding tert-OH is 1. The van der Waals surface area contributed by atoms with Gasteiger partial charge in [-0.1, -0.05) is 0 Å². The van der Waals surface area contributed by atoms with Crippen molar-refractivity contribution in [2.24, 2.45) is 0 Å². The van der Waals surface area contributed by atoms with Gasteiger partial charge in [0.25, 0.3) is 5.56 Å². The number of hydrogen-bond donors (Lipinski definition) is 5. The average Bonchev–Trinajstić information content (AvgIpc) is 2.76. The minimum Gasteiger partial charge on any atom is -0.408 e. The molecule has 2 rings (SSSR count). The fourth-order valence-electron chi connectivity index (χ4n) is 1.57. The normalized spacial score (nSPS) is 13.5. The van der Waals surface area contributed by atoms with Gasteiger partial charge in [0, 0.05) is 0 Å². The van der Waals surface area contributed by atoms with Crippen molar-refractivity contribution < 1.29 is 24.3 Å². The lowest BCUT2D eigenvalue weighted by Gasteiger charge is -2.12. The van der Waals surface area contributed by atoms with E-state index in [1.165, 1.54) is 6.33 Å². The van der Waals surface area contributed by atoms with Crippen LogP contribution in [0.1, 0.15) is 6.42 Å². The number of fused-ring (bicyclic) bond motifs is 1. The maximum atomic E-state index is 11.5. The molecule has 0 aliphatic heterocycles. The van der Waals surface area contributed by atoms with Gasteiger partial charge in [0.15, 0.2) is 5.52 Å². The Labute approximate surface area is 117 Å². The monoisotopic (exact) mass is 319 g/mol. The quantitative estimate of drug-likeness (QED) is 0.379. The van der Waals surface area contributed by atoms with E-state index in [-0.39, 0.29) is 30.1 Å². The van der Waals surface area contributed by atoms with Gasteiger partial charge in [-0.3, -0.25) is 14.3 Å². The van der Waals surface area contributed by atoms with Crippen molar-refractivity contribution in [3.05, 3.63) is 16.7 Å². The van der Waals surface area contributed by atoms with E-state index in [0.717, 1.165) is 4.73 Å². The first kappa shape index (κ1) is 15.4. The molecule has 0 amide bonds. The molecule has 2 aromatic heterocycles. The van der Waals surface area contributed by atoms with Crippen LogP contribution in [0.25, 0.3) is 11.2 Å². The molecule has 1 unspecified atom stereocenters. The number of nitrogens with one attached hydrogen (secondary N) is 1. The Kier molecular flexibility index (Phi) is 4.28. The molecule has 0 saturated heterocycles. The largest absolute Gasteiger partial charge is 0.408 e. The predicted octanol–water partition coefficient (Wildman–Crippen LogP) is -1.94. The van der Waals surface area contributed by atoms with Gasteiger partial charge in [0.05, 0.1) is 12.3 Å². The maximum Gasteiger partial charge on any atom is 0.325 e. The first-order chi connectivity index (χ1) is 9.76. The van der Waals surface area contributed by atoms with Gasteiger partial charge in [-0.25, -0.2) is 4.98 Å². The molecule has 12 heteroatoms. The van der Waals surface area contributed by atoms with Crippen LogP contribution in [-0.2, 0) is 4.57 Å². The van der Waals surface area contributed by atoms with E-state index in [4.69, 9.17) is 20.4 Å². The summed E-state index contributed by atoms with van der Waals surface area (Å²) in [7, 11) is -4.16. The van der Waals surface area contributed by atoms with Gasteiger partial charge >= 0.3 is 7.60 Å². The van der Waals surface area contributed by atoms with Gasteiger partial charge in [-0.2, -0.15) is 9.71 Å². The SMILES string of the molecule is Nc1nc2c(ncn2OCC(O)CCP(=O)(O)O)c(=O)[nH]1. The number of nitrogens with zero attached hydrogens (tertiary/aromatic N) is 3. The van der Waals surface area contributed by atoms with E-state index >= 15 is 0 Å². The van der Waals surface area contributed by atoms with Crippen LogP contribution >= 0.6 is 7.60 Å². The summed E-state index contributed by atoms with van der Waals surface area (Å²) in [4.78, 5) is 44.0. The van der Waals surface area contributed by atoms with Gasteiger partial charge < -0.3 is 25.5 Å². The van der Waals surface area contributed by atoms with Crippen LogP contribution in [0.5, 0.6) is 0 Å². The number of hydrogen-bond acceptors (Lipinski definition) is 7. The molecule has 6 N–H and O–H groups in total. The van der Waals surface area contributed by atoms with Crippen molar-refractivity contribution in [2.45, 2.75) is 12.5 Å². The molecule has 1 atom stereocenters. The number of aliphatic hydroxyl groups is 1. The molecule has 0 aromatic carbocycles. The van der Waals surface area contributed by atoms with Crippen LogP contribution in [0.3, 0.4) is 0 Å². The van der Waals surface area contributed by atoms with Crippen LogP contribution < -0.4 is 16.1 Å². The Hall–Kier alpha value is -1.94. The van der Waals surface area contributed by atoms with Crippen molar-refractivity contribution in [1.29, 1.82) is 0 Å². The average molecular weight is 319 g/mol. The molecule has 2 heterocycles. The molecule has 0 spiro atoms. The molecule has 0 radical (unpaired) electrons. The zero-order valence-electron chi connectivity index (χ0n) is 10.7. The zero-order chi connectivity index (χ0) is 15.6. The maximum absolute atomic E-state index is 11.5. The third-order valence-electron chi connectivity index (χ3n) is 2.55. The second kappa shape index (κ2) is 5.82. The van der Waals surface area contributed by atoms with E-state index in [0.29, 0.717) is 0 Å². The van der Waals surface area contributed by atoms with E-state index in [2.05, 4.69) is 15.0 Å². The zero-order valence-corrected chi connectivity index (χ0v) is 11.6. The number of nitrogen functional groups attached to an aromatic ring is 1. The van der Waals surface area contributed by atoms with Gasteiger partial charge in [0.1, 0.15) is 12.9 Å². The Balaban J connectivity index is 2.04. The summed E-state index contributed by atoms with van der Waals surface area (Å²) in [5, 5.41) is 9.58. The minimum absolute atomic E-state index is 0.0221. The fraction of sp³-hybridized carbons (Fsp3) is 0.444. The van der Waals surface area contributed by atoms with Crippen LogP contribution in [0.2, 0.25) is 0 Å². The third-order valence-corrected chi connectivity index (χ3v) is 3.40. The Morgan fingerprint density at radius 3 is 2.90 bits per heavy atom. The Morgan fingerprint density at radius 2 is 2.24 bits per heavy atom. The number of nitrogens with two attached hydrogens (primary N) is 1. The first-order valence-electron chi connectivity index (χ1n) is 5.85. The summed E-state index contributed by atoms with van der Waals surface area (Å²) in [5.74, 6) is -0.111. The van der Waals surface area contributed by atoms with Crippen molar-refractivity contribution in [3.63, 3.8) is 0 Å². The lowest BCUT2D eigenvalue weighted by molar-refractivity contribution is 0.0288. The van der Waals surface area contributed by atoms with Gasteiger partial charge in [-0.05, 0) is 6.42 Å². The van der Waals surface area contributed by atoms with Crippen LogP contribution in [0.4, 0.5) is 5.95 Å². The third kappa shape index (κ3) is 4.02. The molecular weight excluding hydrogens is 305 g/mol. The molecule has 0 saturated carbocycles. The van der Waals surface area contributed by atoms with Gasteiger partial charge in [-0.15, -0.1) is 0 Å². The lowest BCUT2D eigenvalue weighted by Crippen LogP contribution is -2.25. The molecule has 0 aliphatic carbocycles. The Bertz CT molecular complexity index is 736. The van der Waals surface area contributed by atoms with E-state index in [1.54, 1.807) is 0 Å². The molecule has 21 heavy (non-hydrogen) atoms. The number of imidazole rings is 1. The summed E-state index contributed by atoms with van der Waals surface area (Å²) >= 11 is 0. The second-order valence-corrected chi connectivity index (χ2v) is 6.10. The van der Waals surface area contributed by atoms with Crippen LogP contribution in [-0.4, -0.2) is 53.4 Å². The molecule has 116 valence electrons. The topological polar surface area (TPSA) is 177 Å². The van der Waals surface area contributed by atoms with Crippen molar-refractivity contribution in [3.8, 4) is 0 Å². The minimum atomic E-state index is -4.16. The van der Waals surface area contributed by atoms with Crippen molar-refractivity contribution >= 4 is 24.7 Å². The van der Waals surface area contributed by atoms with Crippen molar-refractivity contribution in [1.82, 2.24) is 19.7 Å². The molecular formula is C9H14N5O6P. The second-order valence-electron chi connectivity index (χ2n) is 4.32. The van der Waals surface area contributed by atoms with Gasteiger partial charge in [0.2, 0.25) is 11.6 Å². The van der Waals surface area contributed by atoms with Crippen molar-refractivity contribution in [2.75, 3.05) is 18.5 Å². The number of rotatable bonds is 6.